The number of nitriles is 1. The van der Waals surface area contributed by atoms with Crippen LogP contribution in [0.4, 0.5) is 0 Å². The number of carbonyl (C=O) groups is 1. The van der Waals surface area contributed by atoms with Gasteiger partial charge < -0.3 is 14.8 Å². The number of aromatic nitrogens is 1. The Morgan fingerprint density at radius 2 is 2.12 bits per heavy atom. The minimum Gasteiger partial charge on any atom is -0.454 e. The van der Waals surface area contributed by atoms with Gasteiger partial charge in [0.15, 0.2) is 11.5 Å². The number of carbonyl (C=O) groups excluding carboxylic acids is 1. The van der Waals surface area contributed by atoms with E-state index < -0.39 is 0 Å². The predicted octanol–water partition coefficient (Wildman–Crippen LogP) is 3.27. The Bertz CT molecular complexity index is 892. The van der Waals surface area contributed by atoms with Crippen molar-refractivity contribution in [3.63, 3.8) is 0 Å². The number of ether oxygens (including phenoxy) is 2. The quantitative estimate of drug-likeness (QED) is 0.815. The number of hydrogen-bond donors (Lipinski definition) is 1. The van der Waals surface area contributed by atoms with Crippen LogP contribution >= 0.6 is 11.8 Å². The van der Waals surface area contributed by atoms with Gasteiger partial charge in [0.25, 0.3) is 0 Å². The normalized spacial score (nSPS) is 13.2. The van der Waals surface area contributed by atoms with Crippen molar-refractivity contribution in [2.45, 2.75) is 31.8 Å². The molecule has 6 nitrogen and oxygen atoms in total. The second-order valence-electron chi connectivity index (χ2n) is 6.06. The van der Waals surface area contributed by atoms with Crippen molar-refractivity contribution in [1.82, 2.24) is 10.3 Å². The van der Waals surface area contributed by atoms with Gasteiger partial charge in [-0.1, -0.05) is 17.8 Å². The van der Waals surface area contributed by atoms with Crippen LogP contribution in [0.5, 0.6) is 11.5 Å². The molecule has 1 aromatic heterocycles. The Morgan fingerprint density at radius 1 is 1.35 bits per heavy atom. The van der Waals surface area contributed by atoms with E-state index in [4.69, 9.17) is 9.47 Å². The minimum absolute atomic E-state index is 0.120. The van der Waals surface area contributed by atoms with E-state index >= 15 is 0 Å². The third-order valence-corrected chi connectivity index (χ3v) is 5.01. The van der Waals surface area contributed by atoms with Crippen LogP contribution in [0.2, 0.25) is 0 Å². The minimum atomic E-state index is -0.166. The lowest BCUT2D eigenvalue weighted by atomic mass is 10.1. The monoisotopic (exact) mass is 369 g/mol. The molecule has 134 valence electrons. The molecule has 0 fully saturated rings. The van der Waals surface area contributed by atoms with E-state index in [0.29, 0.717) is 22.1 Å². The number of nitrogens with zero attached hydrogens (tertiary/aromatic N) is 2. The van der Waals surface area contributed by atoms with Crippen LogP contribution in [0.1, 0.15) is 35.3 Å². The zero-order valence-corrected chi connectivity index (χ0v) is 15.6. The summed E-state index contributed by atoms with van der Waals surface area (Å²) in [6, 6.07) is 9.49. The first-order valence-electron chi connectivity index (χ1n) is 8.18. The molecule has 0 saturated carbocycles. The Labute approximate surface area is 156 Å². The number of pyridine rings is 1. The van der Waals surface area contributed by atoms with Gasteiger partial charge in [0, 0.05) is 5.69 Å². The number of aryl methyl sites for hydroxylation is 2. The van der Waals surface area contributed by atoms with Gasteiger partial charge in [-0.05, 0) is 50.1 Å². The first-order valence-corrected chi connectivity index (χ1v) is 9.16. The third kappa shape index (κ3) is 3.92. The van der Waals surface area contributed by atoms with Gasteiger partial charge in [0.1, 0.15) is 11.1 Å². The Kier molecular flexibility index (Phi) is 5.33. The standard InChI is InChI=1S/C19H19N3O3S/c1-11-6-12(2)21-19(15(11)8-20)26-9-18(23)22-13(3)14-4-5-16-17(7-14)25-10-24-16/h4-7,13H,9-10H2,1-3H3,(H,22,23)/t13-/m0/s1. The Morgan fingerprint density at radius 3 is 2.88 bits per heavy atom. The van der Waals surface area contributed by atoms with Crippen LogP contribution in [0.3, 0.4) is 0 Å². The molecule has 7 heteroatoms. The molecule has 26 heavy (non-hydrogen) atoms. The summed E-state index contributed by atoms with van der Waals surface area (Å²) in [7, 11) is 0. The van der Waals surface area contributed by atoms with Crippen molar-refractivity contribution >= 4 is 17.7 Å². The maximum atomic E-state index is 12.3. The average Bonchev–Trinajstić information content (AvgIpc) is 3.07. The van der Waals surface area contributed by atoms with Crippen molar-refractivity contribution in [2.75, 3.05) is 12.5 Å². The number of rotatable bonds is 5. The number of benzene rings is 1. The maximum Gasteiger partial charge on any atom is 0.231 e. The lowest BCUT2D eigenvalue weighted by Crippen LogP contribution is -2.28. The molecule has 1 atom stereocenters. The smallest absolute Gasteiger partial charge is 0.231 e. The van der Waals surface area contributed by atoms with Crippen molar-refractivity contribution < 1.29 is 14.3 Å². The molecular formula is C19H19N3O3S. The van der Waals surface area contributed by atoms with Crippen LogP contribution in [0.25, 0.3) is 0 Å². The highest BCUT2D eigenvalue weighted by molar-refractivity contribution is 8.00. The van der Waals surface area contributed by atoms with E-state index in [9.17, 15) is 10.1 Å². The summed E-state index contributed by atoms with van der Waals surface area (Å²) in [4.78, 5) is 16.7. The fourth-order valence-electron chi connectivity index (χ4n) is 2.73. The lowest BCUT2D eigenvalue weighted by molar-refractivity contribution is -0.119. The van der Waals surface area contributed by atoms with Crippen LogP contribution < -0.4 is 14.8 Å². The fourth-order valence-corrected chi connectivity index (χ4v) is 3.64. The van der Waals surface area contributed by atoms with Gasteiger partial charge in [-0.2, -0.15) is 5.26 Å². The highest BCUT2D eigenvalue weighted by atomic mass is 32.2. The maximum absolute atomic E-state index is 12.3. The number of amides is 1. The van der Waals surface area contributed by atoms with Crippen molar-refractivity contribution in [3.05, 3.63) is 46.6 Å². The van der Waals surface area contributed by atoms with Gasteiger partial charge in [0.05, 0.1) is 17.4 Å². The second kappa shape index (κ2) is 7.67. The molecule has 0 unspecified atom stereocenters. The number of hydrogen-bond acceptors (Lipinski definition) is 6. The third-order valence-electron chi connectivity index (χ3n) is 4.04. The van der Waals surface area contributed by atoms with Gasteiger partial charge in [-0.3, -0.25) is 4.79 Å². The lowest BCUT2D eigenvalue weighted by Gasteiger charge is -2.15. The molecule has 0 spiro atoms. The van der Waals surface area contributed by atoms with Gasteiger partial charge >= 0.3 is 0 Å². The molecule has 1 amide bonds. The SMILES string of the molecule is Cc1cc(C)c(C#N)c(SCC(=O)N[C@@H](C)c2ccc3c(c2)OCO3)n1. The van der Waals surface area contributed by atoms with E-state index in [1.54, 1.807) is 0 Å². The highest BCUT2D eigenvalue weighted by Crippen LogP contribution is 2.34. The van der Waals surface area contributed by atoms with Crippen LogP contribution in [0.15, 0.2) is 29.3 Å². The molecule has 0 saturated heterocycles. The van der Waals surface area contributed by atoms with E-state index in [0.717, 1.165) is 16.8 Å². The van der Waals surface area contributed by atoms with Crippen LogP contribution in [0, 0.1) is 25.2 Å². The average molecular weight is 369 g/mol. The molecule has 0 aliphatic carbocycles. The van der Waals surface area contributed by atoms with E-state index in [1.165, 1.54) is 11.8 Å². The molecule has 0 radical (unpaired) electrons. The van der Waals surface area contributed by atoms with Crippen molar-refractivity contribution in [3.8, 4) is 17.6 Å². The summed E-state index contributed by atoms with van der Waals surface area (Å²) in [5, 5.41) is 12.9. The van der Waals surface area contributed by atoms with E-state index in [1.807, 2.05) is 45.0 Å². The topological polar surface area (TPSA) is 84.2 Å². The molecule has 0 bridgehead atoms. The molecule has 1 aliphatic rings. The van der Waals surface area contributed by atoms with Gasteiger partial charge in [-0.25, -0.2) is 4.98 Å². The van der Waals surface area contributed by atoms with E-state index in [-0.39, 0.29) is 24.5 Å². The summed E-state index contributed by atoms with van der Waals surface area (Å²) in [6.45, 7) is 5.88. The Hall–Kier alpha value is -2.72. The number of fused-ring (bicyclic) bond motifs is 1. The summed E-state index contributed by atoms with van der Waals surface area (Å²) >= 11 is 1.28. The first kappa shape index (κ1) is 18.1. The van der Waals surface area contributed by atoms with Crippen LogP contribution in [-0.4, -0.2) is 23.4 Å². The zero-order valence-electron chi connectivity index (χ0n) is 14.8. The van der Waals surface area contributed by atoms with Crippen molar-refractivity contribution in [1.29, 1.82) is 5.26 Å². The predicted molar refractivity (Wildman–Crippen MR) is 98.3 cm³/mol. The van der Waals surface area contributed by atoms with Gasteiger partial charge in [0.2, 0.25) is 12.7 Å². The molecule has 1 N–H and O–H groups in total. The Balaban J connectivity index is 1.62. The number of nitrogens with one attached hydrogen (secondary N) is 1. The molecular weight excluding hydrogens is 350 g/mol. The first-order chi connectivity index (χ1) is 12.5. The fraction of sp³-hybridized carbons (Fsp3) is 0.316. The molecule has 3 rings (SSSR count). The number of thioether (sulfide) groups is 1. The zero-order chi connectivity index (χ0) is 18.7. The van der Waals surface area contributed by atoms with E-state index in [2.05, 4.69) is 16.4 Å². The summed E-state index contributed by atoms with van der Waals surface area (Å²) in [5.41, 5.74) is 3.17. The largest absolute Gasteiger partial charge is 0.454 e. The summed E-state index contributed by atoms with van der Waals surface area (Å²) < 4.78 is 10.7. The highest BCUT2D eigenvalue weighted by Gasteiger charge is 2.17. The van der Waals surface area contributed by atoms with Crippen molar-refractivity contribution in [2.24, 2.45) is 0 Å². The summed E-state index contributed by atoms with van der Waals surface area (Å²) in [5.74, 6) is 1.48. The van der Waals surface area contributed by atoms with Gasteiger partial charge in [-0.15, -0.1) is 0 Å². The molecule has 1 aromatic carbocycles. The van der Waals surface area contributed by atoms with Crippen LogP contribution in [-0.2, 0) is 4.79 Å². The second-order valence-corrected chi connectivity index (χ2v) is 7.03. The molecule has 2 heterocycles. The molecule has 2 aromatic rings. The molecule has 1 aliphatic heterocycles. The summed E-state index contributed by atoms with van der Waals surface area (Å²) in [6.07, 6.45) is 0.